The van der Waals surface area contributed by atoms with Gasteiger partial charge in [-0.15, -0.1) is 0 Å². The summed E-state index contributed by atoms with van der Waals surface area (Å²) in [6.45, 7) is 0. The largest absolute Gasteiger partial charge is 0.456 e. The van der Waals surface area contributed by atoms with Crippen molar-refractivity contribution in [1.82, 2.24) is 0 Å². The first kappa shape index (κ1) is 11.7. The molecular weight excluding hydrogens is 617 g/mol. The summed E-state index contributed by atoms with van der Waals surface area (Å²) in [5.41, 5.74) is -6.09. The molecule has 10 aromatic carbocycles. The van der Waals surface area contributed by atoms with Crippen LogP contribution in [-0.4, -0.2) is 0 Å². The van der Waals surface area contributed by atoms with E-state index in [9.17, 15) is 17.8 Å². The van der Waals surface area contributed by atoms with Crippen LogP contribution in [0.3, 0.4) is 0 Å². The van der Waals surface area contributed by atoms with Crippen molar-refractivity contribution in [2.24, 2.45) is 0 Å². The van der Waals surface area contributed by atoms with E-state index >= 15 is 0 Å². The number of fused-ring (bicyclic) bond motifs is 8. The summed E-state index contributed by atoms with van der Waals surface area (Å²) < 4.78 is 280. The molecule has 0 aliphatic carbocycles. The Kier molecular flexibility index (Phi) is 2.50. The molecule has 0 fully saturated rings. The van der Waals surface area contributed by atoms with Gasteiger partial charge in [0.05, 0.1) is 41.1 Å². The van der Waals surface area contributed by atoms with Crippen LogP contribution >= 0.6 is 0 Å². The summed E-state index contributed by atoms with van der Waals surface area (Å²) in [6.07, 6.45) is 0. The fraction of sp³-hybridized carbons (Fsp3) is 0. The second-order valence-corrected chi connectivity index (χ2v) is 11.3. The number of furan rings is 1. The highest BCUT2D eigenvalue weighted by Crippen LogP contribution is 2.49. The SMILES string of the molecule is [2H]c1c([2H])c(-c2c3c([2H])c([2H])c([2H])c([2H])c3c(-c3c([2H])c([2H])c(-c4c([2H])c([2H])c5c([2H])c([2H])c([2H])c([2H])c5c4[2H])c4c([2H])c([2H])c([2H])c([2H])c34)c3c([2H])c([2H])c([2H])c([2H])c23)c2c(oc3c([2H])c4c([2H])c([2H])c([2H])c([2H])c4c([2H])c32)c1[2H]. The lowest BCUT2D eigenvalue weighted by atomic mass is 9.83. The third-order valence-electron chi connectivity index (χ3n) is 8.57. The number of benzene rings is 10. The minimum atomic E-state index is -1.15. The van der Waals surface area contributed by atoms with Crippen molar-refractivity contribution in [3.8, 4) is 33.4 Å². The average Bonchev–Trinajstić information content (AvgIpc) is 4.06. The van der Waals surface area contributed by atoms with Gasteiger partial charge in [-0.3, -0.25) is 0 Å². The lowest BCUT2D eigenvalue weighted by Gasteiger charge is -2.20. The Labute approximate surface area is 336 Å². The van der Waals surface area contributed by atoms with Crippen LogP contribution in [0.5, 0.6) is 0 Å². The van der Waals surface area contributed by atoms with Gasteiger partial charge in [-0.05, 0) is 111 Å². The van der Waals surface area contributed by atoms with Crippen molar-refractivity contribution in [2.45, 2.75) is 0 Å². The summed E-state index contributed by atoms with van der Waals surface area (Å²) in [5.74, 6) is 0. The Balaban J connectivity index is 1.46. The van der Waals surface area contributed by atoms with Crippen LogP contribution in [0.2, 0.25) is 0 Å². The van der Waals surface area contributed by atoms with Crippen LogP contribution in [0.25, 0.3) is 109 Å². The van der Waals surface area contributed by atoms with Gasteiger partial charge in [0.2, 0.25) is 0 Å². The van der Waals surface area contributed by atoms with E-state index in [-0.39, 0.29) is 0 Å². The van der Waals surface area contributed by atoms with Gasteiger partial charge < -0.3 is 4.42 Å². The molecule has 11 aromatic rings. The predicted octanol–water partition coefficient (Wildman–Crippen LogP) is 14.4. The van der Waals surface area contributed by atoms with Crippen LogP contribution in [0, 0.1) is 0 Å². The Morgan fingerprint density at radius 1 is 0.314 bits per heavy atom. The van der Waals surface area contributed by atoms with Crippen molar-refractivity contribution in [1.29, 1.82) is 0 Å². The fourth-order valence-electron chi connectivity index (χ4n) is 6.45. The normalized spacial score (nSPS) is 20.2. The zero-order valence-electron chi connectivity index (χ0n) is 55.4. The zero-order chi connectivity index (χ0) is 59.6. The number of hydrogen-bond donors (Lipinski definition) is 0. The first-order valence-corrected chi connectivity index (χ1v) is 15.2. The molecule has 1 heterocycles. The molecule has 51 heavy (non-hydrogen) atoms. The first-order chi connectivity index (χ1) is 37.8. The Morgan fingerprint density at radius 3 is 1.49 bits per heavy atom. The smallest absolute Gasteiger partial charge is 0.136 e. The average molecular weight is 677 g/mol. The monoisotopic (exact) mass is 676 g/mol. The topological polar surface area (TPSA) is 13.1 Å². The van der Waals surface area contributed by atoms with E-state index < -0.39 is 290 Å². The molecule has 11 rings (SSSR count). The van der Waals surface area contributed by atoms with Crippen molar-refractivity contribution in [3.05, 3.63) is 181 Å². The third-order valence-corrected chi connectivity index (χ3v) is 8.57. The van der Waals surface area contributed by atoms with Crippen molar-refractivity contribution >= 4 is 75.8 Å². The van der Waals surface area contributed by atoms with Gasteiger partial charge in [-0.2, -0.15) is 0 Å². The second kappa shape index (κ2) is 10.9. The molecule has 1 aromatic heterocycles. The molecule has 0 saturated carbocycles. The van der Waals surface area contributed by atoms with E-state index in [4.69, 9.17) is 27.7 Å². The van der Waals surface area contributed by atoms with Crippen molar-refractivity contribution in [2.75, 3.05) is 0 Å². The van der Waals surface area contributed by atoms with E-state index in [0.29, 0.717) is 0 Å². The predicted molar refractivity (Wildman–Crippen MR) is 218 cm³/mol. The highest BCUT2D eigenvalue weighted by Gasteiger charge is 2.21. The van der Waals surface area contributed by atoms with Crippen LogP contribution in [-0.2, 0) is 0 Å². The van der Waals surface area contributed by atoms with E-state index in [1.165, 1.54) is 0 Å². The fourth-order valence-corrected chi connectivity index (χ4v) is 6.45. The molecule has 236 valence electrons. The van der Waals surface area contributed by atoms with E-state index in [1.54, 1.807) is 0 Å². The maximum absolute atomic E-state index is 9.94. The lowest BCUT2D eigenvalue weighted by Crippen LogP contribution is -1.93. The molecule has 0 aliphatic heterocycles. The van der Waals surface area contributed by atoms with Gasteiger partial charge in [-0.25, -0.2) is 0 Å². The standard InChI is InChI=1S/C50H30O/c1-2-13-32-28-35(25-24-31(32)12-1)36-26-27-43(38-17-6-5-16-37(36)38)48-39-18-7-9-20-41(39)49(42-21-10-8-19-40(42)48)44-22-11-23-46-50(44)45-29-33-14-3-4-15-34(33)30-47(45)51-46/h1-30H/i1D,2D,3D,4D,5D,6D,7D,8D,9D,10D,11D,12D,13D,14D,15D,16D,17D,18D,19D,20D,21D,22D,23D,24D,25D,26D,27D,28D,29D,30D. The van der Waals surface area contributed by atoms with Gasteiger partial charge in [0.1, 0.15) is 11.2 Å². The molecule has 1 heteroatoms. The lowest BCUT2D eigenvalue weighted by molar-refractivity contribution is 0.669. The zero-order valence-corrected chi connectivity index (χ0v) is 25.4. The second-order valence-electron chi connectivity index (χ2n) is 11.3. The maximum atomic E-state index is 9.94. The molecule has 0 atom stereocenters. The molecule has 0 aliphatic rings. The summed E-state index contributed by atoms with van der Waals surface area (Å²) in [6, 6.07) is -28.6. The Morgan fingerprint density at radius 2 is 0.824 bits per heavy atom. The van der Waals surface area contributed by atoms with Gasteiger partial charge in [0.15, 0.2) is 0 Å². The minimum absolute atomic E-state index is 0.506. The van der Waals surface area contributed by atoms with Crippen molar-refractivity contribution in [3.63, 3.8) is 0 Å². The van der Waals surface area contributed by atoms with Gasteiger partial charge in [-0.1, -0.05) is 157 Å². The summed E-state index contributed by atoms with van der Waals surface area (Å²) in [4.78, 5) is 0. The van der Waals surface area contributed by atoms with E-state index in [1.807, 2.05) is 0 Å². The summed E-state index contributed by atoms with van der Waals surface area (Å²) >= 11 is 0. The molecular formula is C50H30O. The van der Waals surface area contributed by atoms with E-state index in [2.05, 4.69) is 0 Å². The highest BCUT2D eigenvalue weighted by atomic mass is 16.3. The molecule has 0 unspecified atom stereocenters. The molecule has 0 saturated heterocycles. The summed E-state index contributed by atoms with van der Waals surface area (Å²) in [7, 11) is 0. The molecule has 0 amide bonds. The molecule has 1 nitrogen and oxygen atoms in total. The van der Waals surface area contributed by atoms with Crippen molar-refractivity contribution < 1.29 is 45.5 Å². The number of hydrogen-bond acceptors (Lipinski definition) is 1. The highest BCUT2D eigenvalue weighted by molar-refractivity contribution is 6.27. The third kappa shape index (κ3) is 4.22. The Bertz CT molecular complexity index is 4850. The van der Waals surface area contributed by atoms with Crippen LogP contribution in [0.1, 0.15) is 41.1 Å². The Hall–Kier alpha value is -6.70. The molecule has 0 N–H and O–H groups in total. The van der Waals surface area contributed by atoms with Gasteiger partial charge in [0, 0.05) is 10.8 Å². The first-order valence-electron chi connectivity index (χ1n) is 30.2. The quantitative estimate of drug-likeness (QED) is 0.170. The molecule has 0 radical (unpaired) electrons. The van der Waals surface area contributed by atoms with Crippen LogP contribution < -0.4 is 0 Å². The molecule has 0 spiro atoms. The van der Waals surface area contributed by atoms with Gasteiger partial charge >= 0.3 is 0 Å². The minimum Gasteiger partial charge on any atom is -0.456 e. The van der Waals surface area contributed by atoms with E-state index in [0.717, 1.165) is 0 Å². The van der Waals surface area contributed by atoms with Crippen LogP contribution in [0.15, 0.2) is 186 Å². The summed E-state index contributed by atoms with van der Waals surface area (Å²) in [5, 5.41) is -8.20. The van der Waals surface area contributed by atoms with Gasteiger partial charge in [0.25, 0.3) is 0 Å². The molecule has 0 bridgehead atoms. The van der Waals surface area contributed by atoms with Crippen LogP contribution in [0.4, 0.5) is 0 Å². The number of rotatable bonds is 3. The maximum Gasteiger partial charge on any atom is 0.136 e.